The molecule has 0 spiro atoms. The van der Waals surface area contributed by atoms with E-state index in [0.717, 1.165) is 0 Å². The van der Waals surface area contributed by atoms with Crippen LogP contribution in [0, 0.1) is 0 Å². The lowest BCUT2D eigenvalue weighted by Gasteiger charge is -2.14. The van der Waals surface area contributed by atoms with Crippen molar-refractivity contribution in [1.29, 1.82) is 0 Å². The van der Waals surface area contributed by atoms with Crippen LogP contribution in [0.3, 0.4) is 0 Å². The number of benzene rings is 3. The molecule has 0 radical (unpaired) electrons. The van der Waals surface area contributed by atoms with Gasteiger partial charge in [0.1, 0.15) is 0 Å². The summed E-state index contributed by atoms with van der Waals surface area (Å²) >= 11 is 0. The molecule has 3 aromatic carbocycles. The van der Waals surface area contributed by atoms with E-state index in [1.54, 1.807) is 79.1 Å². The van der Waals surface area contributed by atoms with Crippen LogP contribution in [-0.4, -0.2) is 57.6 Å². The zero-order chi connectivity index (χ0) is 27.8. The Balaban J connectivity index is 1.69. The molecule has 4 aromatic rings. The lowest BCUT2D eigenvalue weighted by molar-refractivity contribution is 0.355. The van der Waals surface area contributed by atoms with Crippen LogP contribution in [0.4, 0.5) is 34.9 Å². The molecule has 3 N–H and O–H groups in total. The van der Waals surface area contributed by atoms with E-state index in [1.807, 2.05) is 18.2 Å². The zero-order valence-corrected chi connectivity index (χ0v) is 22.5. The fraction of sp³-hybridized carbons (Fsp3) is 0.222. The van der Waals surface area contributed by atoms with Crippen molar-refractivity contribution in [3.05, 3.63) is 54.6 Å². The molecule has 12 heteroatoms. The third-order valence-corrected chi connectivity index (χ3v) is 5.55. The summed E-state index contributed by atoms with van der Waals surface area (Å²) < 4.78 is 32.2. The number of nitrogens with zero attached hydrogens (tertiary/aromatic N) is 3. The van der Waals surface area contributed by atoms with Crippen molar-refractivity contribution in [2.75, 3.05) is 58.6 Å². The number of aromatic nitrogens is 3. The molecule has 204 valence electrons. The van der Waals surface area contributed by atoms with E-state index in [-0.39, 0.29) is 17.8 Å². The van der Waals surface area contributed by atoms with Gasteiger partial charge in [0.15, 0.2) is 34.5 Å². The van der Waals surface area contributed by atoms with Gasteiger partial charge in [-0.1, -0.05) is 0 Å². The van der Waals surface area contributed by atoms with Gasteiger partial charge < -0.3 is 44.4 Å². The molecular weight excluding hydrogens is 504 g/mol. The van der Waals surface area contributed by atoms with E-state index >= 15 is 0 Å². The highest BCUT2D eigenvalue weighted by Crippen LogP contribution is 2.34. The largest absolute Gasteiger partial charge is 0.493 e. The molecule has 1 aromatic heterocycles. The van der Waals surface area contributed by atoms with Crippen LogP contribution in [0.15, 0.2) is 54.6 Å². The maximum absolute atomic E-state index is 5.41. The fourth-order valence-electron chi connectivity index (χ4n) is 3.67. The van der Waals surface area contributed by atoms with E-state index in [0.29, 0.717) is 51.6 Å². The minimum absolute atomic E-state index is 0.281. The molecule has 0 saturated heterocycles. The highest BCUT2D eigenvalue weighted by Gasteiger charge is 2.13. The van der Waals surface area contributed by atoms with Crippen molar-refractivity contribution in [3.8, 4) is 34.5 Å². The Morgan fingerprint density at radius 3 is 0.872 bits per heavy atom. The summed E-state index contributed by atoms with van der Waals surface area (Å²) in [5, 5.41) is 9.59. The number of ether oxygens (including phenoxy) is 6. The second-order valence-corrected chi connectivity index (χ2v) is 7.89. The average molecular weight is 535 g/mol. The maximum Gasteiger partial charge on any atom is 0.233 e. The molecule has 12 nitrogen and oxygen atoms in total. The second-order valence-electron chi connectivity index (χ2n) is 7.89. The van der Waals surface area contributed by atoms with Crippen molar-refractivity contribution < 1.29 is 28.4 Å². The summed E-state index contributed by atoms with van der Waals surface area (Å²) in [6, 6.07) is 16.2. The first-order valence-electron chi connectivity index (χ1n) is 11.7. The van der Waals surface area contributed by atoms with Crippen LogP contribution in [-0.2, 0) is 0 Å². The lowest BCUT2D eigenvalue weighted by atomic mass is 10.2. The highest BCUT2D eigenvalue weighted by molar-refractivity contribution is 5.66. The molecule has 0 bridgehead atoms. The van der Waals surface area contributed by atoms with Gasteiger partial charge in [0, 0.05) is 35.3 Å². The van der Waals surface area contributed by atoms with Crippen molar-refractivity contribution in [2.24, 2.45) is 0 Å². The Hall–Kier alpha value is -5.13. The van der Waals surface area contributed by atoms with Crippen molar-refractivity contribution in [3.63, 3.8) is 0 Å². The van der Waals surface area contributed by atoms with Gasteiger partial charge in [-0.2, -0.15) is 15.0 Å². The molecule has 0 atom stereocenters. The first-order valence-corrected chi connectivity index (χ1v) is 11.7. The summed E-state index contributed by atoms with van der Waals surface area (Å²) in [6.07, 6.45) is 0. The quantitative estimate of drug-likeness (QED) is 0.222. The molecular formula is C27H30N6O6. The normalized spacial score (nSPS) is 10.3. The fourth-order valence-corrected chi connectivity index (χ4v) is 3.67. The Kier molecular flexibility index (Phi) is 8.57. The first-order chi connectivity index (χ1) is 19.0. The summed E-state index contributed by atoms with van der Waals surface area (Å²) in [5.74, 6) is 4.33. The molecule has 0 saturated carbocycles. The minimum Gasteiger partial charge on any atom is -0.493 e. The molecule has 0 aliphatic heterocycles. The number of methoxy groups -OCH3 is 6. The van der Waals surface area contributed by atoms with Crippen LogP contribution in [0.25, 0.3) is 0 Å². The molecule has 0 fully saturated rings. The minimum atomic E-state index is 0.281. The summed E-state index contributed by atoms with van der Waals surface area (Å²) in [4.78, 5) is 13.6. The smallest absolute Gasteiger partial charge is 0.233 e. The molecule has 39 heavy (non-hydrogen) atoms. The van der Waals surface area contributed by atoms with Crippen molar-refractivity contribution in [1.82, 2.24) is 15.0 Å². The number of nitrogens with one attached hydrogen (secondary N) is 3. The third-order valence-electron chi connectivity index (χ3n) is 5.55. The third kappa shape index (κ3) is 6.42. The van der Waals surface area contributed by atoms with Crippen LogP contribution < -0.4 is 44.4 Å². The van der Waals surface area contributed by atoms with Crippen LogP contribution in [0.2, 0.25) is 0 Å². The van der Waals surface area contributed by atoms with E-state index in [2.05, 4.69) is 30.9 Å². The zero-order valence-electron chi connectivity index (χ0n) is 22.5. The Labute approximate surface area is 226 Å². The molecule has 0 unspecified atom stereocenters. The van der Waals surface area contributed by atoms with Gasteiger partial charge in [-0.15, -0.1) is 0 Å². The van der Waals surface area contributed by atoms with Crippen LogP contribution in [0.1, 0.15) is 0 Å². The summed E-state index contributed by atoms with van der Waals surface area (Å²) in [7, 11) is 9.45. The van der Waals surface area contributed by atoms with Gasteiger partial charge in [-0.25, -0.2) is 0 Å². The first kappa shape index (κ1) is 26.9. The lowest BCUT2D eigenvalue weighted by Crippen LogP contribution is -2.08. The number of anilines is 6. The van der Waals surface area contributed by atoms with E-state index < -0.39 is 0 Å². The van der Waals surface area contributed by atoms with E-state index in [4.69, 9.17) is 28.4 Å². The molecule has 0 aliphatic carbocycles. The topological polar surface area (TPSA) is 130 Å². The molecule has 0 amide bonds. The van der Waals surface area contributed by atoms with Crippen molar-refractivity contribution in [2.45, 2.75) is 0 Å². The van der Waals surface area contributed by atoms with Crippen LogP contribution in [0.5, 0.6) is 34.5 Å². The molecule has 0 aliphatic rings. The summed E-state index contributed by atoms with van der Waals surface area (Å²) in [5.41, 5.74) is 2.06. The Morgan fingerprint density at radius 2 is 0.641 bits per heavy atom. The van der Waals surface area contributed by atoms with E-state index in [9.17, 15) is 0 Å². The monoisotopic (exact) mass is 534 g/mol. The molecule has 4 rings (SSSR count). The van der Waals surface area contributed by atoms with Gasteiger partial charge in [0.05, 0.1) is 42.7 Å². The van der Waals surface area contributed by atoms with Crippen LogP contribution >= 0.6 is 0 Å². The van der Waals surface area contributed by atoms with Gasteiger partial charge in [-0.3, -0.25) is 0 Å². The van der Waals surface area contributed by atoms with Gasteiger partial charge in [-0.05, 0) is 36.4 Å². The highest BCUT2D eigenvalue weighted by atomic mass is 16.5. The predicted molar refractivity (Wildman–Crippen MR) is 148 cm³/mol. The number of rotatable bonds is 12. The second kappa shape index (κ2) is 12.4. The van der Waals surface area contributed by atoms with E-state index in [1.165, 1.54) is 0 Å². The maximum atomic E-state index is 5.41. The number of hydrogen-bond acceptors (Lipinski definition) is 12. The van der Waals surface area contributed by atoms with Gasteiger partial charge in [0.2, 0.25) is 17.8 Å². The van der Waals surface area contributed by atoms with Crippen molar-refractivity contribution >= 4 is 34.9 Å². The molecule has 1 heterocycles. The summed E-state index contributed by atoms with van der Waals surface area (Å²) in [6.45, 7) is 0. The SMILES string of the molecule is COc1ccc(Nc2nc(Nc3ccc(OC)c(OC)c3)nc(Nc3ccc(OC)c(OC)c3)n2)cc1OC. The van der Waals surface area contributed by atoms with Gasteiger partial charge >= 0.3 is 0 Å². The Morgan fingerprint density at radius 1 is 0.385 bits per heavy atom. The van der Waals surface area contributed by atoms with Gasteiger partial charge in [0.25, 0.3) is 0 Å². The number of hydrogen-bond donors (Lipinski definition) is 3. The predicted octanol–water partition coefficient (Wildman–Crippen LogP) is 5.15. The standard InChI is InChI=1S/C27H30N6O6/c1-34-19-10-7-16(13-22(19)37-4)28-25-31-26(29-17-8-11-20(35-2)23(14-17)38-5)33-27(32-25)30-18-9-12-21(36-3)24(15-18)39-6/h7-15H,1-6H3,(H3,28,29,30,31,32,33). The Bertz CT molecular complexity index is 1250. The average Bonchev–Trinajstić information content (AvgIpc) is 2.96.